The van der Waals surface area contributed by atoms with Crippen molar-refractivity contribution in [3.63, 3.8) is 0 Å². The summed E-state index contributed by atoms with van der Waals surface area (Å²) < 4.78 is 5.80. The van der Waals surface area contributed by atoms with Crippen LogP contribution >= 0.6 is 0 Å². The summed E-state index contributed by atoms with van der Waals surface area (Å²) in [5.41, 5.74) is 5.64. The predicted molar refractivity (Wildman–Crippen MR) is 73.6 cm³/mol. The van der Waals surface area contributed by atoms with Crippen LogP contribution in [0.4, 0.5) is 0 Å². The number of nitrogens with one attached hydrogen (secondary N) is 1. The van der Waals surface area contributed by atoms with Crippen molar-refractivity contribution < 1.29 is 9.53 Å². The normalized spacial score (nSPS) is 41.4. The van der Waals surface area contributed by atoms with Gasteiger partial charge < -0.3 is 15.8 Å². The molecule has 0 radical (unpaired) electrons. The van der Waals surface area contributed by atoms with E-state index in [2.05, 4.69) is 5.32 Å². The standard InChI is InChI=1S/C15H26N2O2/c16-7-6-10-2-1-3-11(8-10)15(18)17-13-9-12-4-5-14(13)19-12/h10-14H,1-9,16H2,(H,17,18). The summed E-state index contributed by atoms with van der Waals surface area (Å²) in [4.78, 5) is 12.4. The molecule has 4 nitrogen and oxygen atoms in total. The quantitative estimate of drug-likeness (QED) is 0.812. The van der Waals surface area contributed by atoms with Crippen LogP contribution in [0.3, 0.4) is 0 Å². The molecule has 1 amide bonds. The van der Waals surface area contributed by atoms with Gasteiger partial charge in [0.1, 0.15) is 0 Å². The molecule has 2 aliphatic heterocycles. The fourth-order valence-electron chi connectivity index (χ4n) is 4.12. The fourth-order valence-corrected chi connectivity index (χ4v) is 4.12. The SMILES string of the molecule is NCCC1CCCC(C(=O)NC2CC3CCC2O3)C1. The maximum atomic E-state index is 12.4. The molecule has 19 heavy (non-hydrogen) atoms. The van der Waals surface area contributed by atoms with E-state index in [4.69, 9.17) is 10.5 Å². The van der Waals surface area contributed by atoms with Crippen molar-refractivity contribution in [3.05, 3.63) is 0 Å². The van der Waals surface area contributed by atoms with E-state index in [-0.39, 0.29) is 24.0 Å². The van der Waals surface area contributed by atoms with E-state index in [0.29, 0.717) is 12.0 Å². The van der Waals surface area contributed by atoms with E-state index >= 15 is 0 Å². The van der Waals surface area contributed by atoms with Crippen molar-refractivity contribution in [2.24, 2.45) is 17.6 Å². The monoisotopic (exact) mass is 266 g/mol. The summed E-state index contributed by atoms with van der Waals surface area (Å²) in [6, 6.07) is 0.279. The summed E-state index contributed by atoms with van der Waals surface area (Å²) in [5, 5.41) is 3.25. The van der Waals surface area contributed by atoms with Crippen molar-refractivity contribution in [2.45, 2.75) is 69.6 Å². The molecule has 3 N–H and O–H groups in total. The van der Waals surface area contributed by atoms with Gasteiger partial charge in [-0.05, 0) is 51.0 Å². The number of carbonyl (C=O) groups is 1. The number of hydrogen-bond acceptors (Lipinski definition) is 3. The molecule has 1 aliphatic carbocycles. The van der Waals surface area contributed by atoms with Crippen LogP contribution in [0, 0.1) is 11.8 Å². The molecule has 0 aromatic heterocycles. The lowest BCUT2D eigenvalue weighted by Gasteiger charge is -2.30. The third kappa shape index (κ3) is 2.95. The molecule has 2 bridgehead atoms. The third-order valence-corrected chi connectivity index (χ3v) is 5.16. The van der Waals surface area contributed by atoms with Crippen LogP contribution in [0.25, 0.3) is 0 Å². The molecule has 2 saturated heterocycles. The lowest BCUT2D eigenvalue weighted by atomic mass is 9.79. The van der Waals surface area contributed by atoms with Crippen LogP contribution in [0.2, 0.25) is 0 Å². The maximum absolute atomic E-state index is 12.4. The van der Waals surface area contributed by atoms with Gasteiger partial charge in [0.05, 0.1) is 18.2 Å². The van der Waals surface area contributed by atoms with Gasteiger partial charge in [0.25, 0.3) is 0 Å². The molecule has 3 aliphatic rings. The first-order valence-electron chi connectivity index (χ1n) is 7.92. The highest BCUT2D eigenvalue weighted by Gasteiger charge is 2.42. The van der Waals surface area contributed by atoms with Gasteiger partial charge in [-0.3, -0.25) is 4.79 Å². The highest BCUT2D eigenvalue weighted by atomic mass is 16.5. The van der Waals surface area contributed by atoms with Crippen LogP contribution in [0.5, 0.6) is 0 Å². The van der Waals surface area contributed by atoms with Crippen LogP contribution in [-0.4, -0.2) is 30.7 Å². The molecule has 1 saturated carbocycles. The van der Waals surface area contributed by atoms with Gasteiger partial charge in [-0.2, -0.15) is 0 Å². The Morgan fingerprint density at radius 3 is 2.79 bits per heavy atom. The Balaban J connectivity index is 1.49. The van der Waals surface area contributed by atoms with Crippen LogP contribution in [0.15, 0.2) is 0 Å². The highest BCUT2D eigenvalue weighted by Crippen LogP contribution is 2.35. The van der Waals surface area contributed by atoms with Crippen molar-refractivity contribution in [1.29, 1.82) is 0 Å². The molecule has 0 aromatic rings. The van der Waals surface area contributed by atoms with Gasteiger partial charge in [-0.25, -0.2) is 0 Å². The number of hydrogen-bond donors (Lipinski definition) is 2. The van der Waals surface area contributed by atoms with E-state index < -0.39 is 0 Å². The lowest BCUT2D eigenvalue weighted by molar-refractivity contribution is -0.127. The number of fused-ring (bicyclic) bond motifs is 2. The van der Waals surface area contributed by atoms with E-state index in [1.165, 1.54) is 19.3 Å². The molecule has 0 aromatic carbocycles. The minimum Gasteiger partial charge on any atom is -0.373 e. The molecular formula is C15H26N2O2. The van der Waals surface area contributed by atoms with Crippen molar-refractivity contribution in [3.8, 4) is 0 Å². The number of rotatable bonds is 4. The van der Waals surface area contributed by atoms with Gasteiger partial charge in [-0.1, -0.05) is 12.8 Å². The summed E-state index contributed by atoms with van der Waals surface area (Å²) >= 11 is 0. The lowest BCUT2D eigenvalue weighted by Crippen LogP contribution is -2.45. The fraction of sp³-hybridized carbons (Fsp3) is 0.933. The Bertz CT molecular complexity index is 332. The van der Waals surface area contributed by atoms with Crippen molar-refractivity contribution in [1.82, 2.24) is 5.32 Å². The number of amides is 1. The average Bonchev–Trinajstić information content (AvgIpc) is 3.02. The molecular weight excluding hydrogens is 240 g/mol. The molecule has 5 unspecified atom stereocenters. The number of carbonyl (C=O) groups excluding carboxylic acids is 1. The first kappa shape index (κ1) is 13.4. The number of ether oxygens (including phenoxy) is 1. The van der Waals surface area contributed by atoms with Crippen molar-refractivity contribution in [2.75, 3.05) is 6.54 Å². The Hall–Kier alpha value is -0.610. The summed E-state index contributed by atoms with van der Waals surface area (Å²) in [5.74, 6) is 1.14. The van der Waals surface area contributed by atoms with Gasteiger partial charge in [0, 0.05) is 5.92 Å². The largest absolute Gasteiger partial charge is 0.373 e. The molecule has 108 valence electrons. The Labute approximate surface area is 115 Å². The van der Waals surface area contributed by atoms with Crippen molar-refractivity contribution >= 4 is 5.91 Å². The Kier molecular flexibility index (Phi) is 4.08. The van der Waals surface area contributed by atoms with Crippen LogP contribution in [-0.2, 0) is 9.53 Å². The van der Waals surface area contributed by atoms with E-state index in [9.17, 15) is 4.79 Å². The summed E-state index contributed by atoms with van der Waals surface area (Å²) in [6.07, 6.45) is 9.60. The van der Waals surface area contributed by atoms with Gasteiger partial charge in [0.2, 0.25) is 5.91 Å². The first-order chi connectivity index (χ1) is 9.26. The highest BCUT2D eigenvalue weighted by molar-refractivity contribution is 5.79. The molecule has 0 spiro atoms. The minimum absolute atomic E-state index is 0.212. The molecule has 3 fully saturated rings. The summed E-state index contributed by atoms with van der Waals surface area (Å²) in [6.45, 7) is 0.749. The molecule has 2 heterocycles. The Morgan fingerprint density at radius 1 is 1.21 bits per heavy atom. The zero-order chi connectivity index (χ0) is 13.2. The maximum Gasteiger partial charge on any atom is 0.223 e. The van der Waals surface area contributed by atoms with Crippen LogP contribution < -0.4 is 11.1 Å². The second-order valence-electron chi connectivity index (χ2n) is 6.53. The Morgan fingerprint density at radius 2 is 2.11 bits per heavy atom. The molecule has 5 atom stereocenters. The topological polar surface area (TPSA) is 64.4 Å². The predicted octanol–water partition coefficient (Wildman–Crippen LogP) is 1.58. The first-order valence-corrected chi connectivity index (χ1v) is 7.92. The average molecular weight is 266 g/mol. The molecule has 4 heteroatoms. The second kappa shape index (κ2) is 5.80. The minimum atomic E-state index is 0.212. The third-order valence-electron chi connectivity index (χ3n) is 5.16. The van der Waals surface area contributed by atoms with Gasteiger partial charge in [-0.15, -0.1) is 0 Å². The smallest absolute Gasteiger partial charge is 0.223 e. The van der Waals surface area contributed by atoms with E-state index in [1.807, 2.05) is 0 Å². The van der Waals surface area contributed by atoms with Gasteiger partial charge >= 0.3 is 0 Å². The van der Waals surface area contributed by atoms with E-state index in [1.54, 1.807) is 0 Å². The molecule has 3 rings (SSSR count). The van der Waals surface area contributed by atoms with Crippen LogP contribution in [0.1, 0.15) is 51.4 Å². The summed E-state index contributed by atoms with van der Waals surface area (Å²) in [7, 11) is 0. The zero-order valence-corrected chi connectivity index (χ0v) is 11.6. The van der Waals surface area contributed by atoms with E-state index in [0.717, 1.165) is 38.6 Å². The second-order valence-corrected chi connectivity index (χ2v) is 6.53. The van der Waals surface area contributed by atoms with Gasteiger partial charge in [0.15, 0.2) is 0 Å². The zero-order valence-electron chi connectivity index (χ0n) is 11.6. The number of nitrogens with two attached hydrogens (primary N) is 1.